The number of aromatic nitrogens is 2. The van der Waals surface area contributed by atoms with Crippen molar-refractivity contribution in [1.29, 1.82) is 0 Å². The third-order valence-corrected chi connectivity index (χ3v) is 4.46. The van der Waals surface area contributed by atoms with Crippen molar-refractivity contribution in [3.8, 4) is 0 Å². The van der Waals surface area contributed by atoms with Crippen LogP contribution in [0.25, 0.3) is 5.65 Å². The minimum Gasteiger partial charge on any atom is -0.349 e. The van der Waals surface area contributed by atoms with Gasteiger partial charge in [0.2, 0.25) is 0 Å². The quantitative estimate of drug-likeness (QED) is 0.942. The van der Waals surface area contributed by atoms with Gasteiger partial charge in [0.1, 0.15) is 11.3 Å². The van der Waals surface area contributed by atoms with Gasteiger partial charge in [-0.25, -0.2) is 4.98 Å². The molecule has 2 aromatic heterocycles. The summed E-state index contributed by atoms with van der Waals surface area (Å²) in [6, 6.07) is 4.56. The van der Waals surface area contributed by atoms with E-state index in [0.717, 1.165) is 24.3 Å². The van der Waals surface area contributed by atoms with E-state index in [1.165, 1.54) is 19.3 Å². The molecule has 3 rings (SSSR count). The second-order valence-corrected chi connectivity index (χ2v) is 6.23. The molecule has 0 aliphatic carbocycles. The SMILES string of the molecule is Cc1ccc2nc(C(=O)NCCN3CCCC[C@@H]3C)cn2c1. The first-order valence-electron chi connectivity index (χ1n) is 8.11. The fraction of sp³-hybridized carbons (Fsp3) is 0.529. The summed E-state index contributed by atoms with van der Waals surface area (Å²) in [5.74, 6) is -0.0917. The Morgan fingerprint density at radius 3 is 3.05 bits per heavy atom. The van der Waals surface area contributed by atoms with Crippen LogP contribution in [0.15, 0.2) is 24.5 Å². The van der Waals surface area contributed by atoms with Gasteiger partial charge in [-0.2, -0.15) is 0 Å². The van der Waals surface area contributed by atoms with Crippen molar-refractivity contribution in [2.24, 2.45) is 0 Å². The molecule has 1 N–H and O–H groups in total. The molecule has 1 aliphatic rings. The zero-order valence-electron chi connectivity index (χ0n) is 13.4. The molecule has 5 nitrogen and oxygen atoms in total. The van der Waals surface area contributed by atoms with Gasteiger partial charge in [-0.05, 0) is 44.9 Å². The average molecular weight is 300 g/mol. The van der Waals surface area contributed by atoms with Crippen molar-refractivity contribution in [3.63, 3.8) is 0 Å². The maximum Gasteiger partial charge on any atom is 0.271 e. The normalized spacial score (nSPS) is 19.5. The third kappa shape index (κ3) is 3.30. The summed E-state index contributed by atoms with van der Waals surface area (Å²) in [7, 11) is 0. The standard InChI is InChI=1S/C17H24N4O/c1-13-6-7-16-19-15(12-21(16)11-13)17(22)18-8-10-20-9-4-3-5-14(20)2/h6-7,11-12,14H,3-5,8-10H2,1-2H3,(H,18,22)/t14-/m0/s1. The molecule has 0 saturated carbocycles. The number of nitrogens with zero attached hydrogens (tertiary/aromatic N) is 3. The van der Waals surface area contributed by atoms with E-state index in [2.05, 4.69) is 22.1 Å². The fourth-order valence-corrected chi connectivity index (χ4v) is 3.11. The molecule has 1 atom stereocenters. The Bertz CT molecular complexity index is 664. The Labute approximate surface area is 131 Å². The summed E-state index contributed by atoms with van der Waals surface area (Å²) >= 11 is 0. The van der Waals surface area contributed by atoms with Crippen LogP contribution in [0, 0.1) is 6.92 Å². The summed E-state index contributed by atoms with van der Waals surface area (Å²) < 4.78 is 1.90. The van der Waals surface area contributed by atoms with Gasteiger partial charge in [-0.1, -0.05) is 12.5 Å². The van der Waals surface area contributed by atoms with Crippen molar-refractivity contribution < 1.29 is 4.79 Å². The second-order valence-electron chi connectivity index (χ2n) is 6.23. The number of imidazole rings is 1. The van der Waals surface area contributed by atoms with Crippen LogP contribution in [0.2, 0.25) is 0 Å². The maximum atomic E-state index is 12.2. The van der Waals surface area contributed by atoms with Gasteiger partial charge in [0.15, 0.2) is 0 Å². The zero-order chi connectivity index (χ0) is 15.5. The first-order valence-corrected chi connectivity index (χ1v) is 8.11. The Morgan fingerprint density at radius 1 is 1.36 bits per heavy atom. The van der Waals surface area contributed by atoms with Crippen molar-refractivity contribution >= 4 is 11.6 Å². The van der Waals surface area contributed by atoms with Gasteiger partial charge in [0.05, 0.1) is 0 Å². The van der Waals surface area contributed by atoms with E-state index < -0.39 is 0 Å². The lowest BCUT2D eigenvalue weighted by atomic mass is 10.0. The Balaban J connectivity index is 1.56. The topological polar surface area (TPSA) is 49.6 Å². The van der Waals surface area contributed by atoms with Gasteiger partial charge < -0.3 is 9.72 Å². The van der Waals surface area contributed by atoms with Crippen molar-refractivity contribution in [1.82, 2.24) is 19.6 Å². The summed E-state index contributed by atoms with van der Waals surface area (Å²) in [6.07, 6.45) is 7.63. The fourth-order valence-electron chi connectivity index (χ4n) is 3.11. The number of likely N-dealkylation sites (tertiary alicyclic amines) is 1. The first-order chi connectivity index (χ1) is 10.6. The van der Waals surface area contributed by atoms with E-state index >= 15 is 0 Å². The molecule has 5 heteroatoms. The van der Waals surface area contributed by atoms with Crippen LogP contribution < -0.4 is 5.32 Å². The van der Waals surface area contributed by atoms with E-state index in [1.807, 2.05) is 29.7 Å². The molecule has 0 aromatic carbocycles. The van der Waals surface area contributed by atoms with E-state index in [1.54, 1.807) is 6.20 Å². The molecule has 1 saturated heterocycles. The summed E-state index contributed by atoms with van der Waals surface area (Å²) in [5.41, 5.74) is 2.44. The van der Waals surface area contributed by atoms with E-state index in [-0.39, 0.29) is 5.91 Å². The molecule has 0 unspecified atom stereocenters. The molecule has 1 amide bonds. The van der Waals surface area contributed by atoms with Crippen LogP contribution >= 0.6 is 0 Å². The molecule has 3 heterocycles. The highest BCUT2D eigenvalue weighted by molar-refractivity contribution is 5.92. The number of aryl methyl sites for hydroxylation is 1. The monoisotopic (exact) mass is 300 g/mol. The summed E-state index contributed by atoms with van der Waals surface area (Å²) in [4.78, 5) is 19.0. The number of amides is 1. The highest BCUT2D eigenvalue weighted by atomic mass is 16.1. The minimum atomic E-state index is -0.0917. The smallest absolute Gasteiger partial charge is 0.271 e. The molecular weight excluding hydrogens is 276 g/mol. The second kappa shape index (κ2) is 6.48. The predicted octanol–water partition coefficient (Wildman–Crippen LogP) is 2.25. The van der Waals surface area contributed by atoms with Crippen LogP contribution in [0.5, 0.6) is 0 Å². The van der Waals surface area contributed by atoms with E-state index in [4.69, 9.17) is 0 Å². The van der Waals surface area contributed by atoms with Crippen molar-refractivity contribution in [2.75, 3.05) is 19.6 Å². The maximum absolute atomic E-state index is 12.2. The average Bonchev–Trinajstić information content (AvgIpc) is 2.92. The number of pyridine rings is 1. The number of carbonyl (C=O) groups excluding carboxylic acids is 1. The Hall–Kier alpha value is -1.88. The third-order valence-electron chi connectivity index (χ3n) is 4.46. The molecule has 0 spiro atoms. The van der Waals surface area contributed by atoms with Gasteiger partial charge >= 0.3 is 0 Å². The van der Waals surface area contributed by atoms with Crippen LogP contribution in [0.4, 0.5) is 0 Å². The van der Waals surface area contributed by atoms with Crippen LogP contribution in [-0.4, -0.2) is 45.9 Å². The molecule has 118 valence electrons. The van der Waals surface area contributed by atoms with Crippen LogP contribution in [-0.2, 0) is 0 Å². The van der Waals surface area contributed by atoms with E-state index in [9.17, 15) is 4.79 Å². The Morgan fingerprint density at radius 2 is 2.23 bits per heavy atom. The molecule has 2 aromatic rings. The molecular formula is C17H24N4O. The van der Waals surface area contributed by atoms with Crippen molar-refractivity contribution in [2.45, 2.75) is 39.2 Å². The Kier molecular flexibility index (Phi) is 4.43. The number of piperidine rings is 1. The molecule has 1 aliphatic heterocycles. The number of hydrogen-bond acceptors (Lipinski definition) is 3. The van der Waals surface area contributed by atoms with Crippen LogP contribution in [0.3, 0.4) is 0 Å². The summed E-state index contributed by atoms with van der Waals surface area (Å²) in [5, 5.41) is 2.99. The minimum absolute atomic E-state index is 0.0917. The molecule has 0 bridgehead atoms. The highest BCUT2D eigenvalue weighted by Gasteiger charge is 2.18. The van der Waals surface area contributed by atoms with Crippen LogP contribution in [0.1, 0.15) is 42.2 Å². The van der Waals surface area contributed by atoms with Gasteiger partial charge in [-0.3, -0.25) is 9.69 Å². The van der Waals surface area contributed by atoms with Gasteiger partial charge in [0, 0.05) is 31.5 Å². The van der Waals surface area contributed by atoms with Gasteiger partial charge in [0.25, 0.3) is 5.91 Å². The van der Waals surface area contributed by atoms with E-state index in [0.29, 0.717) is 18.3 Å². The largest absolute Gasteiger partial charge is 0.349 e. The number of fused-ring (bicyclic) bond motifs is 1. The zero-order valence-corrected chi connectivity index (χ0v) is 13.4. The number of rotatable bonds is 4. The van der Waals surface area contributed by atoms with Crippen molar-refractivity contribution in [3.05, 3.63) is 35.8 Å². The predicted molar refractivity (Wildman–Crippen MR) is 87.1 cm³/mol. The number of nitrogens with one attached hydrogen (secondary N) is 1. The molecule has 0 radical (unpaired) electrons. The number of hydrogen-bond donors (Lipinski definition) is 1. The number of carbonyl (C=O) groups is 1. The lowest BCUT2D eigenvalue weighted by Crippen LogP contribution is -2.42. The summed E-state index contributed by atoms with van der Waals surface area (Å²) in [6.45, 7) is 7.03. The molecule has 1 fully saturated rings. The molecule has 22 heavy (non-hydrogen) atoms. The van der Waals surface area contributed by atoms with Gasteiger partial charge in [-0.15, -0.1) is 0 Å². The highest BCUT2D eigenvalue weighted by Crippen LogP contribution is 2.15. The first kappa shape index (κ1) is 15.0. The lowest BCUT2D eigenvalue weighted by molar-refractivity contribution is 0.0934. The lowest BCUT2D eigenvalue weighted by Gasteiger charge is -2.33.